The van der Waals surface area contributed by atoms with E-state index in [1.165, 1.54) is 0 Å². The Hall–Kier alpha value is -0.520. The summed E-state index contributed by atoms with van der Waals surface area (Å²) in [6.07, 6.45) is 2.50. The number of pyridine rings is 1. The fourth-order valence-electron chi connectivity index (χ4n) is 1.33. The minimum absolute atomic E-state index is 0.146. The Balaban J connectivity index is 2.65. The fraction of sp³-hybridized carbons (Fsp3) is 0.545. The molecule has 4 nitrogen and oxygen atoms in total. The topological polar surface area (TPSA) is 54.0 Å². The lowest BCUT2D eigenvalue weighted by atomic mass is 10.3. The van der Waals surface area contributed by atoms with E-state index in [4.69, 9.17) is 23.2 Å². The van der Waals surface area contributed by atoms with Gasteiger partial charge in [0.2, 0.25) is 0 Å². The molecule has 0 aliphatic rings. The van der Waals surface area contributed by atoms with E-state index in [0.717, 1.165) is 6.42 Å². The standard InChI is InChI=1S/C11H17Cl2N3OS/c1-7(18(3)17)4-5-15-11-9(13)6-8(12)10(14-2)16-11/h6-7H,4-5H2,1-3H3,(H2,14,15,16). The van der Waals surface area contributed by atoms with Gasteiger partial charge in [0, 0.05) is 35.9 Å². The van der Waals surface area contributed by atoms with Crippen LogP contribution < -0.4 is 10.6 Å². The van der Waals surface area contributed by atoms with Crippen LogP contribution in [0.4, 0.5) is 11.6 Å². The van der Waals surface area contributed by atoms with Gasteiger partial charge in [-0.2, -0.15) is 0 Å². The molecule has 0 fully saturated rings. The van der Waals surface area contributed by atoms with E-state index in [1.54, 1.807) is 19.4 Å². The van der Waals surface area contributed by atoms with Crippen molar-refractivity contribution < 1.29 is 4.21 Å². The van der Waals surface area contributed by atoms with Crippen LogP contribution in [0.2, 0.25) is 10.0 Å². The Kier molecular flexibility index (Phi) is 6.18. The summed E-state index contributed by atoms with van der Waals surface area (Å²) < 4.78 is 11.2. The van der Waals surface area contributed by atoms with Crippen LogP contribution in [0, 0.1) is 0 Å². The summed E-state index contributed by atoms with van der Waals surface area (Å²) in [6, 6.07) is 1.64. The predicted molar refractivity (Wildman–Crippen MR) is 80.4 cm³/mol. The van der Waals surface area contributed by atoms with Gasteiger partial charge in [0.25, 0.3) is 0 Å². The van der Waals surface area contributed by atoms with Crippen LogP contribution in [0.5, 0.6) is 0 Å². The van der Waals surface area contributed by atoms with Crippen LogP contribution in [0.3, 0.4) is 0 Å². The Morgan fingerprint density at radius 3 is 2.56 bits per heavy atom. The molecular formula is C11H17Cl2N3OS. The quantitative estimate of drug-likeness (QED) is 0.848. The highest BCUT2D eigenvalue weighted by Gasteiger charge is 2.09. The van der Waals surface area contributed by atoms with Crippen molar-refractivity contribution in [3.63, 3.8) is 0 Å². The van der Waals surface area contributed by atoms with Crippen molar-refractivity contribution in [1.82, 2.24) is 4.98 Å². The average Bonchev–Trinajstić information content (AvgIpc) is 2.31. The molecule has 2 unspecified atom stereocenters. The van der Waals surface area contributed by atoms with Crippen LogP contribution in [-0.4, -0.2) is 34.3 Å². The molecule has 2 atom stereocenters. The minimum Gasteiger partial charge on any atom is -0.372 e. The van der Waals surface area contributed by atoms with Crippen molar-refractivity contribution in [2.24, 2.45) is 0 Å². The van der Waals surface area contributed by atoms with Gasteiger partial charge in [-0.25, -0.2) is 4.98 Å². The second-order valence-corrected chi connectivity index (χ2v) is 6.54. The smallest absolute Gasteiger partial charge is 0.147 e. The first-order chi connectivity index (χ1) is 8.45. The van der Waals surface area contributed by atoms with E-state index in [2.05, 4.69) is 15.6 Å². The molecule has 1 aromatic rings. The Labute approximate surface area is 120 Å². The first kappa shape index (κ1) is 15.5. The Morgan fingerprint density at radius 1 is 1.39 bits per heavy atom. The number of hydrogen-bond acceptors (Lipinski definition) is 4. The Morgan fingerprint density at radius 2 is 2.00 bits per heavy atom. The molecule has 7 heteroatoms. The van der Waals surface area contributed by atoms with Crippen molar-refractivity contribution >= 4 is 45.6 Å². The van der Waals surface area contributed by atoms with Crippen LogP contribution in [0.25, 0.3) is 0 Å². The number of anilines is 2. The fourth-order valence-corrected chi connectivity index (χ4v) is 2.30. The highest BCUT2D eigenvalue weighted by Crippen LogP contribution is 2.28. The van der Waals surface area contributed by atoms with E-state index in [0.29, 0.717) is 28.2 Å². The van der Waals surface area contributed by atoms with E-state index in [1.807, 2.05) is 6.92 Å². The average molecular weight is 310 g/mol. The van der Waals surface area contributed by atoms with Gasteiger partial charge in [-0.15, -0.1) is 0 Å². The largest absolute Gasteiger partial charge is 0.372 e. The van der Waals surface area contributed by atoms with E-state index in [9.17, 15) is 4.21 Å². The van der Waals surface area contributed by atoms with Crippen molar-refractivity contribution in [2.75, 3.05) is 30.5 Å². The zero-order chi connectivity index (χ0) is 13.7. The molecule has 0 spiro atoms. The first-order valence-electron chi connectivity index (χ1n) is 5.55. The van der Waals surface area contributed by atoms with E-state index < -0.39 is 10.8 Å². The van der Waals surface area contributed by atoms with Crippen molar-refractivity contribution in [1.29, 1.82) is 0 Å². The highest BCUT2D eigenvalue weighted by atomic mass is 35.5. The molecule has 18 heavy (non-hydrogen) atoms. The van der Waals surface area contributed by atoms with E-state index >= 15 is 0 Å². The third-order valence-electron chi connectivity index (χ3n) is 2.58. The van der Waals surface area contributed by atoms with Crippen molar-refractivity contribution in [3.8, 4) is 0 Å². The molecule has 1 rings (SSSR count). The second kappa shape index (κ2) is 7.16. The number of nitrogens with zero attached hydrogens (tertiary/aromatic N) is 1. The monoisotopic (exact) mass is 309 g/mol. The SMILES string of the molecule is CNc1nc(NCCC(C)S(C)=O)c(Cl)cc1Cl. The molecule has 0 bridgehead atoms. The molecule has 0 saturated carbocycles. The Bertz CT molecular complexity index is 443. The molecular weight excluding hydrogens is 293 g/mol. The zero-order valence-corrected chi connectivity index (χ0v) is 12.9. The molecule has 1 aromatic heterocycles. The van der Waals surface area contributed by atoms with Crippen LogP contribution >= 0.6 is 23.2 Å². The predicted octanol–water partition coefficient (Wildman–Crippen LogP) is 3.00. The number of rotatable bonds is 6. The van der Waals surface area contributed by atoms with Crippen molar-refractivity contribution in [3.05, 3.63) is 16.1 Å². The normalized spacial score (nSPS) is 14.1. The van der Waals surface area contributed by atoms with Crippen molar-refractivity contribution in [2.45, 2.75) is 18.6 Å². The second-order valence-electron chi connectivity index (χ2n) is 3.92. The molecule has 2 N–H and O–H groups in total. The molecule has 0 aliphatic carbocycles. The van der Waals surface area contributed by atoms with E-state index in [-0.39, 0.29) is 5.25 Å². The lowest BCUT2D eigenvalue weighted by Gasteiger charge is -2.12. The molecule has 1 heterocycles. The third kappa shape index (κ3) is 4.30. The number of halogens is 2. The van der Waals surface area contributed by atoms with Gasteiger partial charge in [0.15, 0.2) is 0 Å². The summed E-state index contributed by atoms with van der Waals surface area (Å²) in [5.74, 6) is 1.16. The lowest BCUT2D eigenvalue weighted by Crippen LogP contribution is -2.15. The number of hydrogen-bond donors (Lipinski definition) is 2. The van der Waals surface area contributed by atoms with Crippen LogP contribution in [0.1, 0.15) is 13.3 Å². The first-order valence-corrected chi connectivity index (χ1v) is 7.93. The van der Waals surface area contributed by atoms with Gasteiger partial charge in [-0.05, 0) is 12.5 Å². The van der Waals surface area contributed by atoms with Gasteiger partial charge < -0.3 is 10.6 Å². The summed E-state index contributed by atoms with van der Waals surface area (Å²) in [4.78, 5) is 4.27. The summed E-state index contributed by atoms with van der Waals surface area (Å²) in [5, 5.41) is 7.12. The van der Waals surface area contributed by atoms with Crippen LogP contribution in [-0.2, 0) is 10.8 Å². The maximum Gasteiger partial charge on any atom is 0.147 e. The molecule has 102 valence electrons. The molecule has 0 aromatic carbocycles. The summed E-state index contributed by atoms with van der Waals surface area (Å²) in [6.45, 7) is 2.62. The number of aromatic nitrogens is 1. The summed E-state index contributed by atoms with van der Waals surface area (Å²) in [5.41, 5.74) is 0. The van der Waals surface area contributed by atoms with Gasteiger partial charge in [-0.3, -0.25) is 4.21 Å². The minimum atomic E-state index is -0.810. The van der Waals surface area contributed by atoms with Crippen LogP contribution in [0.15, 0.2) is 6.07 Å². The van der Waals surface area contributed by atoms with Gasteiger partial charge in [0.05, 0.1) is 10.0 Å². The lowest BCUT2D eigenvalue weighted by molar-refractivity contribution is 0.672. The van der Waals surface area contributed by atoms with Gasteiger partial charge in [-0.1, -0.05) is 30.1 Å². The maximum absolute atomic E-state index is 11.2. The maximum atomic E-state index is 11.2. The van der Waals surface area contributed by atoms with Gasteiger partial charge >= 0.3 is 0 Å². The summed E-state index contributed by atoms with van der Waals surface area (Å²) >= 11 is 12.0. The zero-order valence-electron chi connectivity index (χ0n) is 10.6. The highest BCUT2D eigenvalue weighted by molar-refractivity contribution is 7.84. The van der Waals surface area contributed by atoms with Gasteiger partial charge in [0.1, 0.15) is 11.6 Å². The summed E-state index contributed by atoms with van der Waals surface area (Å²) in [7, 11) is 0.934. The molecule has 0 aliphatic heterocycles. The molecule has 0 radical (unpaired) electrons. The number of nitrogens with one attached hydrogen (secondary N) is 2. The molecule has 0 saturated heterocycles. The molecule has 0 amide bonds. The third-order valence-corrected chi connectivity index (χ3v) is 4.52.